The fraction of sp³-hybridized carbons (Fsp3) is 0.200. The third kappa shape index (κ3) is 7.92. The van der Waals surface area contributed by atoms with Crippen molar-refractivity contribution in [1.29, 1.82) is 0 Å². The summed E-state index contributed by atoms with van der Waals surface area (Å²) in [6.45, 7) is 1.77. The van der Waals surface area contributed by atoms with Gasteiger partial charge in [-0.15, -0.1) is 11.8 Å². The lowest BCUT2D eigenvalue weighted by atomic mass is 9.79. The molecule has 1 aliphatic heterocycles. The van der Waals surface area contributed by atoms with Gasteiger partial charge in [-0.2, -0.15) is 0 Å². The first-order chi connectivity index (χ1) is 22.1. The number of anilines is 2. The molecule has 5 aromatic carbocycles. The van der Waals surface area contributed by atoms with Crippen LogP contribution in [0.3, 0.4) is 0 Å². The van der Waals surface area contributed by atoms with E-state index >= 15 is 0 Å². The van der Waals surface area contributed by atoms with E-state index in [9.17, 15) is 9.59 Å². The molecule has 0 saturated carbocycles. The number of benzene rings is 5. The maximum Gasteiger partial charge on any atom is 0.232 e. The number of amides is 1. The van der Waals surface area contributed by atoms with Gasteiger partial charge in [0.15, 0.2) is 5.78 Å². The number of thioether (sulfide) groups is 1. The molecule has 45 heavy (non-hydrogen) atoms. The fourth-order valence-electron chi connectivity index (χ4n) is 6.23. The highest BCUT2D eigenvalue weighted by Crippen LogP contribution is 2.35. The Bertz CT molecular complexity index is 1680. The van der Waals surface area contributed by atoms with Crippen molar-refractivity contribution in [1.82, 2.24) is 0 Å². The molecule has 1 amide bonds. The zero-order valence-corrected chi connectivity index (χ0v) is 26.2. The molecule has 1 unspecified atom stereocenters. The van der Waals surface area contributed by atoms with Crippen molar-refractivity contribution in [2.75, 3.05) is 23.3 Å². The second-order valence-corrected chi connectivity index (χ2v) is 12.6. The second kappa shape index (κ2) is 14.9. The van der Waals surface area contributed by atoms with Crippen molar-refractivity contribution in [2.24, 2.45) is 5.92 Å². The topological polar surface area (TPSA) is 49.4 Å². The van der Waals surface area contributed by atoms with Gasteiger partial charge in [-0.25, -0.2) is 0 Å². The molecule has 0 radical (unpaired) electrons. The summed E-state index contributed by atoms with van der Waals surface area (Å²) in [6, 6.07) is 46.6. The molecule has 1 atom stereocenters. The molecular weight excluding hydrogens is 573 g/mol. The maximum atomic E-state index is 13.6. The summed E-state index contributed by atoms with van der Waals surface area (Å²) in [4.78, 5) is 30.5. The standard InChI is InChI=1S/C40H38N2O2S/c43-38(37-19-11-10-14-33(37)29-45-36-17-8-3-9-18-36)28-30-20-22-35(23-21-30)42-26-24-32(25-27-42)39(31-12-4-1-5-13-31)40(44)41-34-15-6-2-7-16-34/h1-23,32,39H,24-29H2,(H,41,44). The molecule has 1 heterocycles. The third-order valence-electron chi connectivity index (χ3n) is 8.61. The molecule has 1 fully saturated rings. The third-order valence-corrected chi connectivity index (χ3v) is 9.68. The Morgan fingerprint density at radius 2 is 1.31 bits per heavy atom. The highest BCUT2D eigenvalue weighted by Gasteiger charge is 2.33. The van der Waals surface area contributed by atoms with Gasteiger partial charge in [0.1, 0.15) is 0 Å². The Labute approximate surface area is 270 Å². The number of rotatable bonds is 11. The predicted molar refractivity (Wildman–Crippen MR) is 186 cm³/mol. The van der Waals surface area contributed by atoms with Gasteiger partial charge in [-0.3, -0.25) is 9.59 Å². The first-order valence-electron chi connectivity index (χ1n) is 15.7. The van der Waals surface area contributed by atoms with E-state index in [1.54, 1.807) is 11.8 Å². The van der Waals surface area contributed by atoms with E-state index in [0.717, 1.165) is 65.3 Å². The minimum Gasteiger partial charge on any atom is -0.372 e. The molecule has 1 saturated heterocycles. The number of hydrogen-bond acceptors (Lipinski definition) is 4. The molecule has 0 aliphatic carbocycles. The van der Waals surface area contributed by atoms with Crippen LogP contribution in [-0.2, 0) is 17.0 Å². The SMILES string of the molecule is O=C(Cc1ccc(N2CCC(C(C(=O)Nc3ccccc3)c3ccccc3)CC2)cc1)c1ccccc1CSc1ccccc1. The van der Waals surface area contributed by atoms with Crippen molar-refractivity contribution < 1.29 is 9.59 Å². The van der Waals surface area contributed by atoms with Crippen LogP contribution in [0.15, 0.2) is 144 Å². The van der Waals surface area contributed by atoms with Crippen molar-refractivity contribution in [3.63, 3.8) is 0 Å². The van der Waals surface area contributed by atoms with Gasteiger partial charge < -0.3 is 10.2 Å². The number of carbonyl (C=O) groups excluding carboxylic acids is 2. The van der Waals surface area contributed by atoms with E-state index in [-0.39, 0.29) is 23.5 Å². The van der Waals surface area contributed by atoms with E-state index < -0.39 is 0 Å². The summed E-state index contributed by atoms with van der Waals surface area (Å²) in [7, 11) is 0. The molecule has 1 N–H and O–H groups in total. The predicted octanol–water partition coefficient (Wildman–Crippen LogP) is 9.04. The van der Waals surface area contributed by atoms with Crippen molar-refractivity contribution in [3.05, 3.63) is 162 Å². The second-order valence-electron chi connectivity index (χ2n) is 11.6. The highest BCUT2D eigenvalue weighted by atomic mass is 32.2. The van der Waals surface area contributed by atoms with Crippen LogP contribution < -0.4 is 10.2 Å². The number of Topliss-reactive ketones (excluding diaryl/α,β-unsaturated/α-hetero) is 1. The number of ketones is 1. The first kappa shape index (κ1) is 30.4. The first-order valence-corrected chi connectivity index (χ1v) is 16.7. The van der Waals surface area contributed by atoms with Gasteiger partial charge in [-0.1, -0.05) is 103 Å². The van der Waals surface area contributed by atoms with Gasteiger partial charge in [0.25, 0.3) is 0 Å². The largest absolute Gasteiger partial charge is 0.372 e. The zero-order valence-electron chi connectivity index (χ0n) is 25.3. The maximum absolute atomic E-state index is 13.6. The zero-order chi connectivity index (χ0) is 30.8. The quantitative estimate of drug-likeness (QED) is 0.120. The summed E-state index contributed by atoms with van der Waals surface area (Å²) in [6.07, 6.45) is 2.24. The van der Waals surface area contributed by atoms with Gasteiger partial charge in [-0.05, 0) is 71.8 Å². The molecule has 6 rings (SSSR count). The van der Waals surface area contributed by atoms with E-state index in [2.05, 4.69) is 64.8 Å². The summed E-state index contributed by atoms with van der Waals surface area (Å²) in [5.41, 5.74) is 5.95. The average molecular weight is 611 g/mol. The number of nitrogens with one attached hydrogen (secondary N) is 1. The molecule has 4 nitrogen and oxygen atoms in total. The lowest BCUT2D eigenvalue weighted by molar-refractivity contribution is -0.119. The number of nitrogens with zero attached hydrogens (tertiary/aromatic N) is 1. The molecule has 5 aromatic rings. The Balaban J connectivity index is 1.07. The number of piperidine rings is 1. The van der Waals surface area contributed by atoms with E-state index in [0.29, 0.717) is 6.42 Å². The van der Waals surface area contributed by atoms with Crippen LogP contribution >= 0.6 is 11.8 Å². The lowest BCUT2D eigenvalue weighted by Gasteiger charge is -2.37. The molecule has 226 valence electrons. The highest BCUT2D eigenvalue weighted by molar-refractivity contribution is 7.98. The fourth-order valence-corrected chi connectivity index (χ4v) is 7.16. The smallest absolute Gasteiger partial charge is 0.232 e. The summed E-state index contributed by atoms with van der Waals surface area (Å²) < 4.78 is 0. The van der Waals surface area contributed by atoms with Crippen molar-refractivity contribution in [3.8, 4) is 0 Å². The summed E-state index contributed by atoms with van der Waals surface area (Å²) in [5, 5.41) is 3.15. The minimum atomic E-state index is -0.198. The molecule has 0 spiro atoms. The van der Waals surface area contributed by atoms with Gasteiger partial charge in [0.2, 0.25) is 5.91 Å². The molecule has 5 heteroatoms. The van der Waals surface area contributed by atoms with Crippen LogP contribution in [0.1, 0.15) is 45.8 Å². The number of hydrogen-bond donors (Lipinski definition) is 1. The molecular formula is C40H38N2O2S. The van der Waals surface area contributed by atoms with Crippen LogP contribution in [0.4, 0.5) is 11.4 Å². The molecule has 0 aromatic heterocycles. The Morgan fingerprint density at radius 3 is 2.00 bits per heavy atom. The monoisotopic (exact) mass is 610 g/mol. The Hall–Kier alpha value is -4.61. The van der Waals surface area contributed by atoms with E-state index in [4.69, 9.17) is 0 Å². The normalized spacial score (nSPS) is 14.1. The van der Waals surface area contributed by atoms with Gasteiger partial charge in [0.05, 0.1) is 5.92 Å². The van der Waals surface area contributed by atoms with Crippen molar-refractivity contribution >= 4 is 34.8 Å². The van der Waals surface area contributed by atoms with Crippen LogP contribution in [0.25, 0.3) is 0 Å². The molecule has 0 bridgehead atoms. The average Bonchev–Trinajstić information content (AvgIpc) is 3.10. The van der Waals surface area contributed by atoms with E-state index in [1.807, 2.05) is 84.9 Å². The lowest BCUT2D eigenvalue weighted by Crippen LogP contribution is -2.38. The number of para-hydroxylation sites is 1. The van der Waals surface area contributed by atoms with E-state index in [1.165, 1.54) is 4.90 Å². The van der Waals surface area contributed by atoms with Crippen LogP contribution in [0.2, 0.25) is 0 Å². The number of carbonyl (C=O) groups is 2. The van der Waals surface area contributed by atoms with Gasteiger partial charge >= 0.3 is 0 Å². The Kier molecular flexibility index (Phi) is 10.1. The van der Waals surface area contributed by atoms with Crippen LogP contribution in [-0.4, -0.2) is 24.8 Å². The summed E-state index contributed by atoms with van der Waals surface area (Å²) in [5.74, 6) is 1.02. The van der Waals surface area contributed by atoms with Crippen molar-refractivity contribution in [2.45, 2.75) is 35.8 Å². The summed E-state index contributed by atoms with van der Waals surface area (Å²) >= 11 is 1.75. The Morgan fingerprint density at radius 1 is 0.711 bits per heavy atom. The van der Waals surface area contributed by atoms with Crippen LogP contribution in [0, 0.1) is 5.92 Å². The molecule has 1 aliphatic rings. The minimum absolute atomic E-state index is 0.0557. The van der Waals surface area contributed by atoms with Crippen LogP contribution in [0.5, 0.6) is 0 Å². The van der Waals surface area contributed by atoms with Gasteiger partial charge in [0, 0.05) is 47.1 Å².